The molecule has 3 rings (SSSR count). The summed E-state index contributed by atoms with van der Waals surface area (Å²) in [5, 5.41) is 0. The standard InChI is InChI=1S/C21H36F2O2/c1-14-3-7-16(8-4-14)17-9-5-15(6-10-17)13-25-19-12-11-18(24-2)20(22)21(19)23/h14-21H,3-13H2,1-2H3. The van der Waals surface area contributed by atoms with Crippen molar-refractivity contribution in [2.45, 2.75) is 95.7 Å². The molecule has 0 aliphatic heterocycles. The number of ether oxygens (including phenoxy) is 2. The third-order valence-corrected chi connectivity index (χ3v) is 7.22. The third kappa shape index (κ3) is 4.94. The Morgan fingerprint density at radius 2 is 1.24 bits per heavy atom. The molecule has 25 heavy (non-hydrogen) atoms. The number of hydrogen-bond donors (Lipinski definition) is 0. The van der Waals surface area contributed by atoms with Crippen molar-refractivity contribution in [3.63, 3.8) is 0 Å². The average Bonchev–Trinajstić information content (AvgIpc) is 2.64. The number of methoxy groups -OCH3 is 1. The minimum absolute atomic E-state index is 0.532. The SMILES string of the molecule is COC1CCC(OCC2CCC(C3CCC(C)CC3)CC2)C(F)C1F. The van der Waals surface area contributed by atoms with Gasteiger partial charge in [0.2, 0.25) is 0 Å². The van der Waals surface area contributed by atoms with Crippen molar-refractivity contribution < 1.29 is 18.3 Å². The summed E-state index contributed by atoms with van der Waals surface area (Å²) in [5.41, 5.74) is 0. The van der Waals surface area contributed by atoms with Crippen LogP contribution in [0.2, 0.25) is 0 Å². The zero-order chi connectivity index (χ0) is 17.8. The van der Waals surface area contributed by atoms with Crippen LogP contribution in [0.25, 0.3) is 0 Å². The number of alkyl halides is 2. The van der Waals surface area contributed by atoms with Gasteiger partial charge in [0.05, 0.1) is 12.2 Å². The second-order valence-corrected chi connectivity index (χ2v) is 8.91. The fourth-order valence-corrected chi connectivity index (χ4v) is 5.32. The van der Waals surface area contributed by atoms with Gasteiger partial charge in [-0.3, -0.25) is 0 Å². The quantitative estimate of drug-likeness (QED) is 0.647. The second-order valence-electron chi connectivity index (χ2n) is 8.91. The lowest BCUT2D eigenvalue weighted by molar-refractivity contribution is -0.115. The van der Waals surface area contributed by atoms with Crippen LogP contribution >= 0.6 is 0 Å². The molecule has 0 saturated heterocycles. The van der Waals surface area contributed by atoms with Gasteiger partial charge < -0.3 is 9.47 Å². The summed E-state index contributed by atoms with van der Waals surface area (Å²) in [6.07, 6.45) is 7.46. The first-order valence-corrected chi connectivity index (χ1v) is 10.5. The largest absolute Gasteiger partial charge is 0.378 e. The van der Waals surface area contributed by atoms with Crippen molar-refractivity contribution in [3.8, 4) is 0 Å². The van der Waals surface area contributed by atoms with Crippen LogP contribution in [0, 0.1) is 23.7 Å². The summed E-state index contributed by atoms with van der Waals surface area (Å²) in [6.45, 7) is 2.98. The molecule has 0 amide bonds. The summed E-state index contributed by atoms with van der Waals surface area (Å²) in [4.78, 5) is 0. The van der Waals surface area contributed by atoms with Crippen LogP contribution < -0.4 is 0 Å². The van der Waals surface area contributed by atoms with E-state index in [1.54, 1.807) is 0 Å². The molecule has 2 nitrogen and oxygen atoms in total. The van der Waals surface area contributed by atoms with Crippen LogP contribution in [0.15, 0.2) is 0 Å². The Balaban J connectivity index is 1.37. The predicted molar refractivity (Wildman–Crippen MR) is 96.1 cm³/mol. The Hall–Kier alpha value is -0.220. The Labute approximate surface area is 152 Å². The van der Waals surface area contributed by atoms with Crippen LogP contribution in [-0.2, 0) is 9.47 Å². The molecule has 0 bridgehead atoms. The minimum Gasteiger partial charge on any atom is -0.378 e. The van der Waals surface area contributed by atoms with E-state index in [-0.39, 0.29) is 0 Å². The molecule has 0 radical (unpaired) electrons. The maximum atomic E-state index is 14.2. The topological polar surface area (TPSA) is 18.5 Å². The highest BCUT2D eigenvalue weighted by Crippen LogP contribution is 2.41. The van der Waals surface area contributed by atoms with Crippen LogP contribution in [0.4, 0.5) is 8.78 Å². The van der Waals surface area contributed by atoms with Crippen molar-refractivity contribution in [1.29, 1.82) is 0 Å². The van der Waals surface area contributed by atoms with E-state index in [4.69, 9.17) is 9.47 Å². The first-order valence-electron chi connectivity index (χ1n) is 10.5. The van der Waals surface area contributed by atoms with E-state index in [0.29, 0.717) is 25.4 Å². The van der Waals surface area contributed by atoms with Crippen molar-refractivity contribution in [1.82, 2.24) is 0 Å². The summed E-state index contributed by atoms with van der Waals surface area (Å²) in [6, 6.07) is 0. The van der Waals surface area contributed by atoms with Crippen LogP contribution in [0.3, 0.4) is 0 Å². The third-order valence-electron chi connectivity index (χ3n) is 7.22. The molecule has 3 saturated carbocycles. The van der Waals surface area contributed by atoms with Gasteiger partial charge in [0.1, 0.15) is 0 Å². The fourth-order valence-electron chi connectivity index (χ4n) is 5.32. The summed E-state index contributed by atoms with van der Waals surface area (Å²) in [7, 11) is 1.45. The van der Waals surface area contributed by atoms with Gasteiger partial charge >= 0.3 is 0 Å². The molecule has 0 aromatic carbocycles. The van der Waals surface area contributed by atoms with E-state index in [9.17, 15) is 8.78 Å². The van der Waals surface area contributed by atoms with Crippen molar-refractivity contribution in [2.75, 3.05) is 13.7 Å². The minimum atomic E-state index is -1.55. The van der Waals surface area contributed by atoms with Gasteiger partial charge in [-0.15, -0.1) is 0 Å². The maximum absolute atomic E-state index is 14.2. The lowest BCUT2D eigenvalue weighted by atomic mass is 9.69. The van der Waals surface area contributed by atoms with E-state index >= 15 is 0 Å². The number of halogens is 2. The molecule has 0 N–H and O–H groups in total. The van der Waals surface area contributed by atoms with E-state index < -0.39 is 24.6 Å². The molecular formula is C21H36F2O2. The highest BCUT2D eigenvalue weighted by atomic mass is 19.2. The summed E-state index contributed by atoms with van der Waals surface area (Å²) >= 11 is 0. The van der Waals surface area contributed by atoms with Gasteiger partial charge in [0.25, 0.3) is 0 Å². The molecule has 3 fully saturated rings. The lowest BCUT2D eigenvalue weighted by Gasteiger charge is -2.38. The molecular weight excluding hydrogens is 322 g/mol. The first kappa shape index (κ1) is 19.5. The van der Waals surface area contributed by atoms with Crippen molar-refractivity contribution >= 4 is 0 Å². The number of hydrogen-bond acceptors (Lipinski definition) is 2. The average molecular weight is 359 g/mol. The highest BCUT2D eigenvalue weighted by molar-refractivity contribution is 4.90. The predicted octanol–water partition coefficient (Wildman–Crippen LogP) is 5.49. The van der Waals surface area contributed by atoms with E-state index in [0.717, 1.165) is 17.8 Å². The van der Waals surface area contributed by atoms with Crippen LogP contribution in [-0.4, -0.2) is 38.3 Å². The van der Waals surface area contributed by atoms with Gasteiger partial charge in [-0.25, -0.2) is 8.78 Å². The van der Waals surface area contributed by atoms with Crippen molar-refractivity contribution in [3.05, 3.63) is 0 Å². The van der Waals surface area contributed by atoms with Gasteiger partial charge in [-0.05, 0) is 75.0 Å². The summed E-state index contributed by atoms with van der Waals surface area (Å²) in [5.74, 6) is 3.28. The highest BCUT2D eigenvalue weighted by Gasteiger charge is 2.41. The molecule has 0 aromatic rings. The monoisotopic (exact) mass is 358 g/mol. The Bertz CT molecular complexity index is 389. The van der Waals surface area contributed by atoms with Crippen LogP contribution in [0.1, 0.15) is 71.1 Å². The lowest BCUT2D eigenvalue weighted by Crippen LogP contribution is -2.46. The molecule has 146 valence electrons. The molecule has 0 heterocycles. The molecule has 4 unspecified atom stereocenters. The van der Waals surface area contributed by atoms with Gasteiger partial charge in [0, 0.05) is 13.7 Å². The second kappa shape index (κ2) is 9.12. The Kier molecular flexibility index (Phi) is 7.13. The van der Waals surface area contributed by atoms with Gasteiger partial charge in [-0.1, -0.05) is 19.8 Å². The van der Waals surface area contributed by atoms with Gasteiger partial charge in [-0.2, -0.15) is 0 Å². The Morgan fingerprint density at radius 1 is 0.720 bits per heavy atom. The smallest absolute Gasteiger partial charge is 0.160 e. The first-order chi connectivity index (χ1) is 12.1. The van der Waals surface area contributed by atoms with Crippen LogP contribution in [0.5, 0.6) is 0 Å². The summed E-state index contributed by atoms with van der Waals surface area (Å²) < 4.78 is 39.0. The van der Waals surface area contributed by atoms with Crippen molar-refractivity contribution in [2.24, 2.45) is 23.7 Å². The number of rotatable bonds is 5. The Morgan fingerprint density at radius 3 is 1.84 bits per heavy atom. The molecule has 0 aromatic heterocycles. The molecule has 4 heteroatoms. The fraction of sp³-hybridized carbons (Fsp3) is 1.00. The molecule has 4 atom stereocenters. The van der Waals surface area contributed by atoms with E-state index in [1.165, 1.54) is 58.5 Å². The van der Waals surface area contributed by atoms with E-state index in [2.05, 4.69) is 6.92 Å². The zero-order valence-corrected chi connectivity index (χ0v) is 16.0. The molecule has 0 spiro atoms. The zero-order valence-electron chi connectivity index (χ0n) is 16.0. The maximum Gasteiger partial charge on any atom is 0.160 e. The van der Waals surface area contributed by atoms with Gasteiger partial charge in [0.15, 0.2) is 12.3 Å². The van der Waals surface area contributed by atoms with E-state index in [1.807, 2.05) is 0 Å². The molecule has 3 aliphatic rings. The normalized spacial score (nSPS) is 46.1. The molecule has 3 aliphatic carbocycles.